The highest BCUT2D eigenvalue weighted by atomic mass is 35.5. The van der Waals surface area contributed by atoms with E-state index in [1.807, 2.05) is 5.92 Å². The number of carbonyl (C=O) groups excluding carboxylic acids is 2. The summed E-state index contributed by atoms with van der Waals surface area (Å²) in [5.74, 6) is -0.811. The molecule has 0 aliphatic heterocycles. The van der Waals surface area contributed by atoms with Crippen LogP contribution in [0.15, 0.2) is 0 Å². The maximum atomic E-state index is 11.7. The van der Waals surface area contributed by atoms with Crippen molar-refractivity contribution in [3.8, 4) is 12.3 Å². The van der Waals surface area contributed by atoms with E-state index in [1.54, 1.807) is 0 Å². The van der Waals surface area contributed by atoms with Gasteiger partial charge in [-0.05, 0) is 0 Å². The van der Waals surface area contributed by atoms with E-state index in [-0.39, 0.29) is 16.7 Å². The molecule has 0 saturated heterocycles. The zero-order valence-electron chi connectivity index (χ0n) is 8.93. The van der Waals surface area contributed by atoms with Crippen molar-refractivity contribution in [1.29, 1.82) is 0 Å². The van der Waals surface area contributed by atoms with Crippen LogP contribution in [0.25, 0.3) is 0 Å². The molecule has 0 N–H and O–H groups in total. The fraction of sp³-hybridized carbons (Fsp3) is 0.0909. The Morgan fingerprint density at radius 2 is 1.53 bits per heavy atom. The number of carboxylic acids is 1. The smallest absolute Gasteiger partial charge is 0.341 e. The lowest BCUT2D eigenvalue weighted by molar-refractivity contribution is -0.255. The van der Waals surface area contributed by atoms with Crippen molar-refractivity contribution in [2.24, 2.45) is 0 Å². The molecule has 0 saturated carbocycles. The number of aromatic carboxylic acids is 1. The van der Waals surface area contributed by atoms with Gasteiger partial charge in [0.1, 0.15) is 0 Å². The zero-order valence-corrected chi connectivity index (χ0v) is 12.0. The van der Waals surface area contributed by atoms with Crippen molar-refractivity contribution in [1.82, 2.24) is 0 Å². The maximum Gasteiger partial charge on any atom is 0.341 e. The number of hydrogen-bond donors (Lipinski definition) is 0. The Bertz CT molecular complexity index is 604. The summed E-state index contributed by atoms with van der Waals surface area (Å²) >= 11 is 22.9. The minimum Gasteiger partial charge on any atom is -0.545 e. The second kappa shape index (κ2) is 6.36. The highest BCUT2D eigenvalue weighted by Crippen LogP contribution is 2.41. The molecule has 0 aromatic heterocycles. The van der Waals surface area contributed by atoms with Gasteiger partial charge in [-0.3, -0.25) is 0 Å². The quantitative estimate of drug-likeness (QED) is 0.367. The molecule has 1 aromatic rings. The highest BCUT2D eigenvalue weighted by molar-refractivity contribution is 6.53. The molecule has 8 heteroatoms. The summed E-state index contributed by atoms with van der Waals surface area (Å²) in [5, 5.41) is 9.58. The molecule has 0 atom stereocenters. The van der Waals surface area contributed by atoms with E-state index in [0.717, 1.165) is 0 Å². The van der Waals surface area contributed by atoms with Crippen molar-refractivity contribution >= 4 is 58.3 Å². The molecular formula is C11H3Cl4O4-. The standard InChI is InChI=1S/C11H4Cl4O4/c1-2-3-19-11(18)5-4(10(16)17)6(12)8(14)9(15)7(5)13/h1H,3H2,(H,16,17)/p-1. The minimum atomic E-state index is -1.75. The van der Waals surface area contributed by atoms with Crippen LogP contribution in [-0.2, 0) is 4.74 Å². The number of terminal acetylenes is 1. The van der Waals surface area contributed by atoms with Crippen LogP contribution in [0.2, 0.25) is 20.1 Å². The summed E-state index contributed by atoms with van der Waals surface area (Å²) in [7, 11) is 0. The molecule has 0 spiro atoms. The molecule has 19 heavy (non-hydrogen) atoms. The van der Waals surface area contributed by atoms with Gasteiger partial charge >= 0.3 is 5.97 Å². The zero-order chi connectivity index (χ0) is 14.7. The number of hydrogen-bond acceptors (Lipinski definition) is 4. The Morgan fingerprint density at radius 3 is 1.95 bits per heavy atom. The fourth-order valence-corrected chi connectivity index (χ4v) is 2.20. The van der Waals surface area contributed by atoms with Gasteiger partial charge in [0, 0.05) is 5.56 Å². The predicted molar refractivity (Wildman–Crippen MR) is 69.9 cm³/mol. The molecule has 4 nitrogen and oxygen atoms in total. The van der Waals surface area contributed by atoms with Crippen molar-refractivity contribution < 1.29 is 19.4 Å². The van der Waals surface area contributed by atoms with Crippen LogP contribution in [0, 0.1) is 12.3 Å². The van der Waals surface area contributed by atoms with Crippen molar-refractivity contribution in [3.63, 3.8) is 0 Å². The first kappa shape index (κ1) is 15.9. The van der Waals surface area contributed by atoms with Crippen LogP contribution in [0.5, 0.6) is 0 Å². The van der Waals surface area contributed by atoms with Gasteiger partial charge in [-0.25, -0.2) is 4.79 Å². The van der Waals surface area contributed by atoms with Gasteiger partial charge in [-0.15, -0.1) is 6.42 Å². The Morgan fingerprint density at radius 1 is 1.05 bits per heavy atom. The van der Waals surface area contributed by atoms with Crippen LogP contribution in [-0.4, -0.2) is 18.5 Å². The molecule has 0 heterocycles. The van der Waals surface area contributed by atoms with E-state index in [1.165, 1.54) is 0 Å². The van der Waals surface area contributed by atoms with Gasteiger partial charge in [0.2, 0.25) is 0 Å². The molecule has 0 aliphatic carbocycles. The molecule has 1 aromatic carbocycles. The number of esters is 1. The maximum absolute atomic E-state index is 11.7. The second-order valence-corrected chi connectivity index (χ2v) is 4.59. The lowest BCUT2D eigenvalue weighted by atomic mass is 10.1. The van der Waals surface area contributed by atoms with Crippen LogP contribution < -0.4 is 5.11 Å². The molecule has 100 valence electrons. The van der Waals surface area contributed by atoms with Crippen LogP contribution in [0.4, 0.5) is 0 Å². The minimum absolute atomic E-state index is 0.272. The first-order valence-corrected chi connectivity index (χ1v) is 6.02. The van der Waals surface area contributed by atoms with E-state index in [2.05, 4.69) is 4.74 Å². The average molecular weight is 341 g/mol. The molecule has 0 aliphatic rings. The summed E-state index contributed by atoms with van der Waals surface area (Å²) in [4.78, 5) is 22.7. The molecule has 0 unspecified atom stereocenters. The third kappa shape index (κ3) is 3.07. The molecule has 0 radical (unpaired) electrons. The van der Waals surface area contributed by atoms with E-state index in [4.69, 9.17) is 52.8 Å². The molecular weight excluding hydrogens is 338 g/mol. The van der Waals surface area contributed by atoms with E-state index >= 15 is 0 Å². The highest BCUT2D eigenvalue weighted by Gasteiger charge is 2.26. The number of benzene rings is 1. The first-order chi connectivity index (χ1) is 8.82. The van der Waals surface area contributed by atoms with E-state index < -0.39 is 33.1 Å². The molecule has 1 rings (SSSR count). The Labute approximate surface area is 128 Å². The van der Waals surface area contributed by atoms with Crippen molar-refractivity contribution in [2.75, 3.05) is 6.61 Å². The Kier molecular flexibility index (Phi) is 5.33. The molecule has 0 fully saturated rings. The second-order valence-electron chi connectivity index (χ2n) is 3.07. The van der Waals surface area contributed by atoms with Crippen LogP contribution >= 0.6 is 46.4 Å². The van der Waals surface area contributed by atoms with E-state index in [9.17, 15) is 14.7 Å². The van der Waals surface area contributed by atoms with Crippen molar-refractivity contribution in [2.45, 2.75) is 0 Å². The lowest BCUT2D eigenvalue weighted by Crippen LogP contribution is -2.26. The SMILES string of the molecule is C#CCOC(=O)c1c(Cl)c(Cl)c(Cl)c(Cl)c1C(=O)[O-]. The molecule has 0 bridgehead atoms. The van der Waals surface area contributed by atoms with Gasteiger partial charge in [-0.2, -0.15) is 0 Å². The van der Waals surface area contributed by atoms with Crippen LogP contribution in [0.1, 0.15) is 20.7 Å². The number of carboxylic acid groups (broad SMARTS) is 1. The largest absolute Gasteiger partial charge is 0.545 e. The summed E-state index contributed by atoms with van der Waals surface area (Å²) in [6, 6.07) is 0. The number of carbonyl (C=O) groups is 2. The third-order valence-electron chi connectivity index (χ3n) is 1.96. The average Bonchev–Trinajstić information content (AvgIpc) is 2.36. The fourth-order valence-electron chi connectivity index (χ4n) is 1.19. The Balaban J connectivity index is 3.57. The Hall–Kier alpha value is -1.12. The molecule has 0 amide bonds. The first-order valence-electron chi connectivity index (χ1n) is 4.50. The van der Waals surface area contributed by atoms with Crippen molar-refractivity contribution in [3.05, 3.63) is 31.2 Å². The lowest BCUT2D eigenvalue weighted by Gasteiger charge is -2.15. The van der Waals surface area contributed by atoms with Gasteiger partial charge in [0.15, 0.2) is 6.61 Å². The van der Waals surface area contributed by atoms with Gasteiger partial charge in [-0.1, -0.05) is 52.3 Å². The number of ether oxygens (including phenoxy) is 1. The topological polar surface area (TPSA) is 66.4 Å². The van der Waals surface area contributed by atoms with Crippen LogP contribution in [0.3, 0.4) is 0 Å². The summed E-state index contributed by atoms with van der Waals surface area (Å²) < 4.78 is 4.59. The van der Waals surface area contributed by atoms with Gasteiger partial charge < -0.3 is 14.6 Å². The third-order valence-corrected chi connectivity index (χ3v) is 3.76. The van der Waals surface area contributed by atoms with E-state index in [0.29, 0.717) is 0 Å². The summed E-state index contributed by atoms with van der Waals surface area (Å²) in [6.07, 6.45) is 4.91. The van der Waals surface area contributed by atoms with Gasteiger partial charge in [0.25, 0.3) is 0 Å². The van der Waals surface area contributed by atoms with Gasteiger partial charge in [0.05, 0.1) is 31.6 Å². The monoisotopic (exact) mass is 339 g/mol. The number of rotatable bonds is 3. The normalized spacial score (nSPS) is 9.84. The number of halogens is 4. The summed E-state index contributed by atoms with van der Waals surface area (Å²) in [5.41, 5.74) is -1.26. The summed E-state index contributed by atoms with van der Waals surface area (Å²) in [6.45, 7) is -0.375. The predicted octanol–water partition coefficient (Wildman–Crippen LogP) is 2.45.